The van der Waals surface area contributed by atoms with Gasteiger partial charge < -0.3 is 10.6 Å². The predicted octanol–water partition coefficient (Wildman–Crippen LogP) is 2.86. The number of aryl methyl sites for hydroxylation is 2. The van der Waals surface area contributed by atoms with E-state index in [0.717, 1.165) is 23.4 Å². The lowest BCUT2D eigenvalue weighted by molar-refractivity contribution is -0.384. The Balaban J connectivity index is 0.00000364. The molecule has 1 unspecified atom stereocenters. The van der Waals surface area contributed by atoms with Crippen molar-refractivity contribution in [3.05, 3.63) is 56.9 Å². The molecule has 1 heterocycles. The number of halogens is 1. The van der Waals surface area contributed by atoms with Crippen LogP contribution in [0.15, 0.2) is 29.3 Å². The van der Waals surface area contributed by atoms with Crippen LogP contribution >= 0.6 is 24.0 Å². The number of hydrogen-bond donors (Lipinski definition) is 2. The van der Waals surface area contributed by atoms with Crippen LogP contribution in [-0.4, -0.2) is 33.8 Å². The van der Waals surface area contributed by atoms with Gasteiger partial charge in [-0.2, -0.15) is 5.10 Å². The molecule has 0 spiro atoms. The van der Waals surface area contributed by atoms with Gasteiger partial charge >= 0.3 is 0 Å². The summed E-state index contributed by atoms with van der Waals surface area (Å²) in [4.78, 5) is 14.7. The van der Waals surface area contributed by atoms with Crippen molar-refractivity contribution in [2.24, 2.45) is 12.0 Å². The number of benzene rings is 1. The van der Waals surface area contributed by atoms with E-state index in [-0.39, 0.29) is 35.7 Å². The molecule has 0 aliphatic heterocycles. The molecule has 27 heavy (non-hydrogen) atoms. The molecule has 0 radical (unpaired) electrons. The Morgan fingerprint density at radius 3 is 2.67 bits per heavy atom. The second-order valence-corrected chi connectivity index (χ2v) is 6.38. The fraction of sp³-hybridized carbons (Fsp3) is 0.444. The molecule has 0 bridgehead atoms. The first kappa shape index (κ1) is 22.9. The van der Waals surface area contributed by atoms with Crippen molar-refractivity contribution >= 4 is 35.6 Å². The lowest BCUT2D eigenvalue weighted by atomic mass is 10.1. The number of non-ortho nitro benzene ring substituents is 1. The summed E-state index contributed by atoms with van der Waals surface area (Å²) >= 11 is 0. The van der Waals surface area contributed by atoms with Crippen LogP contribution in [0.5, 0.6) is 0 Å². The average molecular weight is 486 g/mol. The number of guanidine groups is 1. The van der Waals surface area contributed by atoms with E-state index in [9.17, 15) is 10.1 Å². The molecule has 0 fully saturated rings. The normalized spacial score (nSPS) is 12.3. The minimum Gasteiger partial charge on any atom is -0.354 e. The topological polar surface area (TPSA) is 97.4 Å². The van der Waals surface area contributed by atoms with Crippen molar-refractivity contribution < 1.29 is 4.92 Å². The Hall–Kier alpha value is -2.17. The van der Waals surface area contributed by atoms with Crippen LogP contribution in [-0.2, 0) is 20.0 Å². The van der Waals surface area contributed by atoms with E-state index in [0.29, 0.717) is 12.5 Å². The number of nitrogens with zero attached hydrogens (tertiary/aromatic N) is 4. The van der Waals surface area contributed by atoms with Gasteiger partial charge in [-0.1, -0.05) is 12.1 Å². The summed E-state index contributed by atoms with van der Waals surface area (Å²) in [6.45, 7) is 6.63. The van der Waals surface area contributed by atoms with Crippen molar-refractivity contribution in [3.8, 4) is 0 Å². The summed E-state index contributed by atoms with van der Waals surface area (Å²) in [6.07, 6.45) is 0.836. The van der Waals surface area contributed by atoms with Gasteiger partial charge in [0, 0.05) is 44.5 Å². The van der Waals surface area contributed by atoms with Crippen LogP contribution in [0.2, 0.25) is 0 Å². The van der Waals surface area contributed by atoms with Crippen LogP contribution < -0.4 is 10.6 Å². The van der Waals surface area contributed by atoms with Crippen LogP contribution in [0.4, 0.5) is 5.69 Å². The van der Waals surface area contributed by atoms with Crippen molar-refractivity contribution in [1.82, 2.24) is 20.4 Å². The molecule has 1 aromatic carbocycles. The number of hydrogen-bond acceptors (Lipinski definition) is 4. The van der Waals surface area contributed by atoms with Crippen LogP contribution in [0.1, 0.15) is 29.4 Å². The third kappa shape index (κ3) is 6.19. The minimum atomic E-state index is -0.392. The predicted molar refractivity (Wildman–Crippen MR) is 118 cm³/mol. The van der Waals surface area contributed by atoms with Crippen molar-refractivity contribution in [2.75, 3.05) is 7.05 Å². The van der Waals surface area contributed by atoms with Gasteiger partial charge in [-0.15, -0.1) is 24.0 Å². The number of nitro groups is 1. The van der Waals surface area contributed by atoms with E-state index >= 15 is 0 Å². The lowest BCUT2D eigenvalue weighted by Gasteiger charge is -2.18. The second kappa shape index (κ2) is 10.2. The number of aromatic nitrogens is 2. The standard InChI is InChI=1S/C18H26N6O2.HI/c1-12(9-17-13(2)22-23(5)14(17)3)21-18(19-4)20-11-15-7-6-8-16(10-15)24(25)26;/h6-8,10,12H,9,11H2,1-5H3,(H2,19,20,21);1H. The zero-order valence-electron chi connectivity index (χ0n) is 16.3. The highest BCUT2D eigenvalue weighted by Gasteiger charge is 2.14. The Bertz CT molecular complexity index is 818. The van der Waals surface area contributed by atoms with E-state index in [1.165, 1.54) is 11.6 Å². The van der Waals surface area contributed by atoms with Gasteiger partial charge in [0.2, 0.25) is 0 Å². The summed E-state index contributed by atoms with van der Waals surface area (Å²) in [7, 11) is 3.65. The molecule has 1 aromatic heterocycles. The molecule has 0 saturated heterocycles. The molecular formula is C18H27IN6O2. The lowest BCUT2D eigenvalue weighted by Crippen LogP contribution is -2.42. The van der Waals surface area contributed by atoms with Gasteiger partial charge in [-0.25, -0.2) is 0 Å². The fourth-order valence-electron chi connectivity index (χ4n) is 2.86. The van der Waals surface area contributed by atoms with E-state index in [1.54, 1.807) is 19.2 Å². The number of nitrogens with one attached hydrogen (secondary N) is 2. The highest BCUT2D eigenvalue weighted by atomic mass is 127. The molecular weight excluding hydrogens is 459 g/mol. The molecule has 148 valence electrons. The van der Waals surface area contributed by atoms with E-state index in [1.807, 2.05) is 24.7 Å². The van der Waals surface area contributed by atoms with Crippen molar-refractivity contribution in [2.45, 2.75) is 39.8 Å². The average Bonchev–Trinajstić information content (AvgIpc) is 2.85. The second-order valence-electron chi connectivity index (χ2n) is 6.38. The first-order valence-corrected chi connectivity index (χ1v) is 8.51. The van der Waals surface area contributed by atoms with Gasteiger partial charge in [-0.05, 0) is 38.3 Å². The molecule has 0 saturated carbocycles. The Morgan fingerprint density at radius 1 is 1.41 bits per heavy atom. The number of nitro benzene ring substituents is 1. The largest absolute Gasteiger partial charge is 0.354 e. The quantitative estimate of drug-likeness (QED) is 0.215. The summed E-state index contributed by atoms with van der Waals surface area (Å²) < 4.78 is 1.90. The summed E-state index contributed by atoms with van der Waals surface area (Å²) in [5, 5.41) is 21.9. The third-order valence-electron chi connectivity index (χ3n) is 4.36. The molecule has 0 aliphatic rings. The van der Waals surface area contributed by atoms with Crippen LogP contribution in [0.3, 0.4) is 0 Å². The van der Waals surface area contributed by atoms with Crippen molar-refractivity contribution in [1.29, 1.82) is 0 Å². The maximum absolute atomic E-state index is 10.9. The Morgan fingerprint density at radius 2 is 2.11 bits per heavy atom. The third-order valence-corrected chi connectivity index (χ3v) is 4.36. The zero-order chi connectivity index (χ0) is 19.3. The zero-order valence-corrected chi connectivity index (χ0v) is 18.6. The van der Waals surface area contributed by atoms with Gasteiger partial charge in [0.05, 0.1) is 10.6 Å². The molecule has 2 rings (SSSR count). The summed E-state index contributed by atoms with van der Waals surface area (Å²) in [6, 6.07) is 6.73. The van der Waals surface area contributed by atoms with Gasteiger partial charge in [-0.3, -0.25) is 19.8 Å². The highest BCUT2D eigenvalue weighted by molar-refractivity contribution is 14.0. The fourth-order valence-corrected chi connectivity index (χ4v) is 2.86. The summed E-state index contributed by atoms with van der Waals surface area (Å²) in [5.41, 5.74) is 4.35. The first-order chi connectivity index (χ1) is 12.3. The molecule has 2 N–H and O–H groups in total. The number of aliphatic imine (C=N–C) groups is 1. The SMILES string of the molecule is CN=C(NCc1cccc([N+](=O)[O-])c1)NC(C)Cc1c(C)nn(C)c1C.I. The van der Waals surface area contributed by atoms with Gasteiger partial charge in [0.15, 0.2) is 5.96 Å². The Labute approximate surface area is 176 Å². The highest BCUT2D eigenvalue weighted by Crippen LogP contribution is 2.14. The number of rotatable bonds is 6. The molecule has 9 heteroatoms. The summed E-state index contributed by atoms with van der Waals surface area (Å²) in [5.74, 6) is 0.656. The Kier molecular flexibility index (Phi) is 8.67. The van der Waals surface area contributed by atoms with E-state index in [4.69, 9.17) is 0 Å². The smallest absolute Gasteiger partial charge is 0.269 e. The first-order valence-electron chi connectivity index (χ1n) is 8.51. The molecule has 2 aromatic rings. The monoisotopic (exact) mass is 486 g/mol. The molecule has 0 amide bonds. The molecule has 8 nitrogen and oxygen atoms in total. The van der Waals surface area contributed by atoms with E-state index < -0.39 is 4.92 Å². The van der Waals surface area contributed by atoms with E-state index in [2.05, 4.69) is 34.6 Å². The molecule has 1 atom stereocenters. The van der Waals surface area contributed by atoms with Crippen LogP contribution in [0.25, 0.3) is 0 Å². The van der Waals surface area contributed by atoms with Crippen LogP contribution in [0, 0.1) is 24.0 Å². The molecule has 0 aliphatic carbocycles. The minimum absolute atomic E-state index is 0. The maximum Gasteiger partial charge on any atom is 0.269 e. The van der Waals surface area contributed by atoms with Gasteiger partial charge in [0.25, 0.3) is 5.69 Å². The van der Waals surface area contributed by atoms with Crippen molar-refractivity contribution in [3.63, 3.8) is 0 Å². The van der Waals surface area contributed by atoms with Gasteiger partial charge in [0.1, 0.15) is 0 Å². The maximum atomic E-state index is 10.9.